The number of hydrogen-bond acceptors (Lipinski definition) is 5. The highest BCUT2D eigenvalue weighted by atomic mass is 16.1. The summed E-state index contributed by atoms with van der Waals surface area (Å²) in [5.41, 5.74) is 11.3. The normalized spacial score (nSPS) is 26.4. The first-order valence-electron chi connectivity index (χ1n) is 11.8. The number of allylic oxidation sites excluding steroid dienone is 5. The molecule has 6 nitrogen and oxygen atoms in total. The summed E-state index contributed by atoms with van der Waals surface area (Å²) in [5, 5.41) is 0. The van der Waals surface area contributed by atoms with Gasteiger partial charge in [0.1, 0.15) is 6.33 Å². The Morgan fingerprint density at radius 2 is 2.00 bits per heavy atom. The molecule has 3 atom stereocenters. The second kappa shape index (κ2) is 9.99. The van der Waals surface area contributed by atoms with Crippen LogP contribution in [0.1, 0.15) is 66.7 Å². The van der Waals surface area contributed by atoms with Crippen LogP contribution in [0.4, 0.5) is 17.3 Å². The average Bonchev–Trinajstić information content (AvgIpc) is 3.06. The van der Waals surface area contributed by atoms with Crippen LogP contribution in [0.5, 0.6) is 0 Å². The molecule has 2 aliphatic rings. The SMILES string of the molecule is CC1=CC(=O)C[C@H](C)[C@@]1(C)CC/C(C)=C/CC/C(C)=C/CN1C[NH+](C)c2ncnc(N)c21. The van der Waals surface area contributed by atoms with Crippen LogP contribution in [0.25, 0.3) is 0 Å². The third-order valence-electron chi connectivity index (χ3n) is 7.60. The van der Waals surface area contributed by atoms with Gasteiger partial charge in [-0.25, -0.2) is 4.98 Å². The standard InChI is InChI=1S/C26H39N5O/c1-18(10-12-26(5)20(3)14-22(32)15-21(26)4)8-7-9-19(2)11-13-31-17-30(6)25-23(31)24(27)28-16-29-25/h8,11,14,16,21H,7,9-10,12-13,15,17H2,1-6H3,(H2,27,28,29)/p+1/b18-8+,19-11+/t21-,26-/m0/s1. The van der Waals surface area contributed by atoms with E-state index >= 15 is 0 Å². The molecule has 2 heterocycles. The molecule has 0 aromatic carbocycles. The van der Waals surface area contributed by atoms with Gasteiger partial charge in [-0.05, 0) is 63.9 Å². The molecule has 0 bridgehead atoms. The number of carbonyl (C=O) groups is 1. The maximum absolute atomic E-state index is 11.8. The van der Waals surface area contributed by atoms with Gasteiger partial charge in [-0.1, -0.05) is 42.7 Å². The lowest BCUT2D eigenvalue weighted by atomic mass is 9.64. The number of quaternary nitrogens is 1. The van der Waals surface area contributed by atoms with Gasteiger partial charge in [0.15, 0.2) is 24.0 Å². The van der Waals surface area contributed by atoms with Crippen molar-refractivity contribution in [2.45, 2.75) is 66.7 Å². The number of rotatable bonds is 8. The van der Waals surface area contributed by atoms with Gasteiger partial charge in [-0.3, -0.25) is 9.69 Å². The molecule has 1 unspecified atom stereocenters. The first-order chi connectivity index (χ1) is 15.1. The highest BCUT2D eigenvalue weighted by molar-refractivity contribution is 5.91. The average molecular weight is 439 g/mol. The van der Waals surface area contributed by atoms with E-state index < -0.39 is 0 Å². The predicted molar refractivity (Wildman–Crippen MR) is 132 cm³/mol. The van der Waals surface area contributed by atoms with E-state index in [2.05, 4.69) is 68.7 Å². The summed E-state index contributed by atoms with van der Waals surface area (Å²) < 4.78 is 0. The van der Waals surface area contributed by atoms with E-state index in [0.29, 0.717) is 18.2 Å². The van der Waals surface area contributed by atoms with E-state index in [1.165, 1.54) is 21.6 Å². The first-order valence-corrected chi connectivity index (χ1v) is 11.8. The summed E-state index contributed by atoms with van der Waals surface area (Å²) in [4.78, 5) is 23.9. The molecule has 174 valence electrons. The number of nitrogen functional groups attached to an aromatic ring is 1. The van der Waals surface area contributed by atoms with Crippen LogP contribution in [0.3, 0.4) is 0 Å². The van der Waals surface area contributed by atoms with Crippen molar-refractivity contribution >= 4 is 23.1 Å². The fourth-order valence-electron chi connectivity index (χ4n) is 4.91. The molecule has 0 saturated carbocycles. The Morgan fingerprint density at radius 1 is 1.28 bits per heavy atom. The molecule has 1 aliphatic heterocycles. The van der Waals surface area contributed by atoms with Crippen molar-refractivity contribution in [3.05, 3.63) is 41.3 Å². The minimum atomic E-state index is 0.131. The van der Waals surface area contributed by atoms with Crippen molar-refractivity contribution in [3.63, 3.8) is 0 Å². The number of ketones is 1. The highest BCUT2D eigenvalue weighted by Crippen LogP contribution is 2.44. The molecule has 0 spiro atoms. The summed E-state index contributed by atoms with van der Waals surface area (Å²) in [6.45, 7) is 12.8. The van der Waals surface area contributed by atoms with Crippen LogP contribution in [0.2, 0.25) is 0 Å². The quantitative estimate of drug-likeness (QED) is 0.600. The van der Waals surface area contributed by atoms with Crippen molar-refractivity contribution in [2.75, 3.05) is 30.9 Å². The van der Waals surface area contributed by atoms with Crippen molar-refractivity contribution in [1.29, 1.82) is 0 Å². The van der Waals surface area contributed by atoms with Crippen LogP contribution in [0.15, 0.2) is 41.3 Å². The molecule has 6 heteroatoms. The van der Waals surface area contributed by atoms with Crippen LogP contribution < -0.4 is 15.5 Å². The monoisotopic (exact) mass is 438 g/mol. The minimum Gasteiger partial charge on any atom is -0.382 e. The number of nitrogens with one attached hydrogen (secondary N) is 1. The van der Waals surface area contributed by atoms with E-state index in [4.69, 9.17) is 5.73 Å². The van der Waals surface area contributed by atoms with Crippen molar-refractivity contribution < 1.29 is 9.69 Å². The van der Waals surface area contributed by atoms with Gasteiger partial charge in [0.25, 0.3) is 5.82 Å². The van der Waals surface area contributed by atoms with Crippen LogP contribution >= 0.6 is 0 Å². The molecule has 1 aliphatic carbocycles. The Kier molecular flexibility index (Phi) is 7.55. The zero-order valence-electron chi connectivity index (χ0n) is 20.7. The van der Waals surface area contributed by atoms with Gasteiger partial charge in [0.05, 0.1) is 7.05 Å². The Bertz CT molecular complexity index is 948. The molecule has 0 amide bonds. The third-order valence-corrected chi connectivity index (χ3v) is 7.60. The van der Waals surface area contributed by atoms with Crippen molar-refractivity contribution in [2.24, 2.45) is 11.3 Å². The van der Waals surface area contributed by atoms with E-state index in [0.717, 1.165) is 50.4 Å². The summed E-state index contributed by atoms with van der Waals surface area (Å²) in [5.74, 6) is 2.24. The molecular weight excluding hydrogens is 398 g/mol. The van der Waals surface area contributed by atoms with E-state index in [-0.39, 0.29) is 11.2 Å². The van der Waals surface area contributed by atoms with Gasteiger partial charge in [0, 0.05) is 13.0 Å². The largest absolute Gasteiger partial charge is 0.382 e. The second-order valence-corrected chi connectivity index (χ2v) is 10.1. The van der Waals surface area contributed by atoms with Crippen LogP contribution in [0, 0.1) is 11.3 Å². The summed E-state index contributed by atoms with van der Waals surface area (Å²) in [7, 11) is 2.11. The molecule has 0 fully saturated rings. The lowest BCUT2D eigenvalue weighted by Crippen LogP contribution is -3.03. The van der Waals surface area contributed by atoms with Gasteiger partial charge in [-0.2, -0.15) is 4.98 Å². The molecule has 0 saturated heterocycles. The molecule has 3 N–H and O–H groups in total. The van der Waals surface area contributed by atoms with Gasteiger partial charge in [0.2, 0.25) is 0 Å². The van der Waals surface area contributed by atoms with Crippen LogP contribution in [-0.2, 0) is 4.79 Å². The van der Waals surface area contributed by atoms with Crippen molar-refractivity contribution in [1.82, 2.24) is 9.97 Å². The number of carbonyl (C=O) groups excluding carboxylic acids is 1. The van der Waals surface area contributed by atoms with E-state index in [9.17, 15) is 4.79 Å². The van der Waals surface area contributed by atoms with Gasteiger partial charge in [-0.15, -0.1) is 0 Å². The predicted octanol–water partition coefficient (Wildman–Crippen LogP) is 4.00. The van der Waals surface area contributed by atoms with Gasteiger partial charge < -0.3 is 10.6 Å². The third kappa shape index (κ3) is 5.29. The number of nitrogens with two attached hydrogens (primary N) is 1. The summed E-state index contributed by atoms with van der Waals surface area (Å²) >= 11 is 0. The smallest absolute Gasteiger partial charge is 0.256 e. The molecule has 3 rings (SSSR count). The zero-order chi connectivity index (χ0) is 23.5. The molecule has 32 heavy (non-hydrogen) atoms. The second-order valence-electron chi connectivity index (χ2n) is 10.1. The molecular formula is C26H40N5O+. The highest BCUT2D eigenvalue weighted by Gasteiger charge is 2.36. The number of fused-ring (bicyclic) bond motifs is 1. The zero-order valence-corrected chi connectivity index (χ0v) is 20.7. The fourth-order valence-corrected chi connectivity index (χ4v) is 4.91. The number of nitrogens with zero attached hydrogens (tertiary/aromatic N) is 3. The number of hydrogen-bond donors (Lipinski definition) is 2. The summed E-state index contributed by atoms with van der Waals surface area (Å²) in [6.07, 6.45) is 13.1. The van der Waals surface area contributed by atoms with E-state index in [1.54, 1.807) is 6.33 Å². The minimum absolute atomic E-state index is 0.131. The van der Waals surface area contributed by atoms with Gasteiger partial charge >= 0.3 is 0 Å². The van der Waals surface area contributed by atoms with Crippen molar-refractivity contribution in [3.8, 4) is 0 Å². The molecule has 1 aromatic heterocycles. The number of anilines is 2. The summed E-state index contributed by atoms with van der Waals surface area (Å²) in [6, 6.07) is 0. The maximum Gasteiger partial charge on any atom is 0.256 e. The Labute approximate surface area is 193 Å². The van der Waals surface area contributed by atoms with Crippen LogP contribution in [-0.4, -0.2) is 36.0 Å². The molecule has 0 radical (unpaired) electrons. The Morgan fingerprint density at radius 3 is 2.72 bits per heavy atom. The number of aromatic nitrogens is 2. The fraction of sp³-hybridized carbons (Fsp3) is 0.577. The topological polar surface area (TPSA) is 76.5 Å². The lowest BCUT2D eigenvalue weighted by molar-refractivity contribution is -0.805. The van der Waals surface area contributed by atoms with E-state index in [1.807, 2.05) is 6.08 Å². The Hall–Kier alpha value is -2.47. The molecule has 1 aromatic rings. The maximum atomic E-state index is 11.8. The first kappa shape index (κ1) is 24.2. The lowest BCUT2D eigenvalue weighted by Gasteiger charge is -2.39. The Balaban J connectivity index is 1.49.